The molecule has 0 unspecified atom stereocenters. The number of carbonyl (C=O) groups is 1. The highest BCUT2D eigenvalue weighted by atomic mass is 16.5. The summed E-state index contributed by atoms with van der Waals surface area (Å²) in [5.41, 5.74) is 0.656. The molecular weight excluding hydrogens is 240 g/mol. The Labute approximate surface area is 114 Å². The zero-order chi connectivity index (χ0) is 13.7. The van der Waals surface area contributed by atoms with Gasteiger partial charge in [0.15, 0.2) is 0 Å². The van der Waals surface area contributed by atoms with E-state index in [0.29, 0.717) is 5.56 Å². The van der Waals surface area contributed by atoms with Crippen molar-refractivity contribution < 1.29 is 9.53 Å². The summed E-state index contributed by atoms with van der Waals surface area (Å²) in [4.78, 5) is 12.2. The maximum absolute atomic E-state index is 12.2. The smallest absolute Gasteiger partial charge is 0.251 e. The molecule has 0 aromatic heterocycles. The van der Waals surface area contributed by atoms with Gasteiger partial charge in [-0.2, -0.15) is 0 Å². The van der Waals surface area contributed by atoms with Crippen LogP contribution in [0.3, 0.4) is 0 Å². The minimum absolute atomic E-state index is 0.0251. The average Bonchev–Trinajstić information content (AvgIpc) is 2.39. The second kappa shape index (κ2) is 6.57. The van der Waals surface area contributed by atoms with E-state index < -0.39 is 0 Å². The molecule has 4 heteroatoms. The van der Waals surface area contributed by atoms with Crippen molar-refractivity contribution in [2.45, 2.75) is 38.8 Å². The predicted molar refractivity (Wildman–Crippen MR) is 75.6 cm³/mol. The molecule has 0 radical (unpaired) electrons. The topological polar surface area (TPSA) is 50.4 Å². The summed E-state index contributed by atoms with van der Waals surface area (Å²) in [6.07, 6.45) is 2.27. The molecule has 104 valence electrons. The van der Waals surface area contributed by atoms with Crippen LogP contribution in [0.4, 0.5) is 0 Å². The number of ether oxygens (including phenoxy) is 1. The molecule has 1 atom stereocenters. The van der Waals surface area contributed by atoms with Crippen LogP contribution in [0, 0.1) is 0 Å². The molecule has 1 aliphatic heterocycles. The van der Waals surface area contributed by atoms with Crippen molar-refractivity contribution in [1.82, 2.24) is 10.6 Å². The molecule has 1 amide bonds. The van der Waals surface area contributed by atoms with Gasteiger partial charge in [0.1, 0.15) is 5.75 Å². The van der Waals surface area contributed by atoms with Gasteiger partial charge < -0.3 is 15.4 Å². The quantitative estimate of drug-likeness (QED) is 0.872. The van der Waals surface area contributed by atoms with Gasteiger partial charge in [-0.3, -0.25) is 4.79 Å². The first-order chi connectivity index (χ1) is 9.15. The lowest BCUT2D eigenvalue weighted by atomic mass is 10.1. The van der Waals surface area contributed by atoms with E-state index in [1.54, 1.807) is 6.07 Å². The monoisotopic (exact) mass is 262 g/mol. The minimum atomic E-state index is -0.0251. The van der Waals surface area contributed by atoms with Gasteiger partial charge in [-0.05, 0) is 51.4 Å². The molecule has 4 nitrogen and oxygen atoms in total. The fraction of sp³-hybridized carbons (Fsp3) is 0.533. The highest BCUT2D eigenvalue weighted by Crippen LogP contribution is 2.15. The molecule has 0 spiro atoms. The Morgan fingerprint density at radius 2 is 2.32 bits per heavy atom. The summed E-state index contributed by atoms with van der Waals surface area (Å²) >= 11 is 0. The van der Waals surface area contributed by atoms with Gasteiger partial charge in [0, 0.05) is 18.2 Å². The zero-order valence-corrected chi connectivity index (χ0v) is 11.6. The van der Waals surface area contributed by atoms with Crippen molar-refractivity contribution in [3.8, 4) is 5.75 Å². The maximum Gasteiger partial charge on any atom is 0.251 e. The second-order valence-electron chi connectivity index (χ2n) is 5.21. The first kappa shape index (κ1) is 13.9. The van der Waals surface area contributed by atoms with E-state index in [2.05, 4.69) is 10.6 Å². The van der Waals surface area contributed by atoms with Gasteiger partial charge in [0.2, 0.25) is 0 Å². The molecule has 0 aliphatic carbocycles. The fourth-order valence-electron chi connectivity index (χ4n) is 2.23. The number of benzene rings is 1. The Hall–Kier alpha value is -1.55. The second-order valence-corrected chi connectivity index (χ2v) is 5.21. The molecule has 0 bridgehead atoms. The lowest BCUT2D eigenvalue weighted by molar-refractivity contribution is 0.0930. The summed E-state index contributed by atoms with van der Waals surface area (Å²) in [6.45, 7) is 5.85. The Balaban J connectivity index is 1.97. The predicted octanol–water partition coefficient (Wildman–Crippen LogP) is 1.96. The van der Waals surface area contributed by atoms with Crippen LogP contribution < -0.4 is 15.4 Å². The molecule has 1 heterocycles. The molecule has 2 rings (SSSR count). The molecular formula is C15H22N2O2. The van der Waals surface area contributed by atoms with E-state index in [-0.39, 0.29) is 18.1 Å². The molecule has 1 aromatic carbocycles. The van der Waals surface area contributed by atoms with E-state index >= 15 is 0 Å². The SMILES string of the molecule is CC(C)Oc1cccc(C(=O)N[C@@H]2CCCNC2)c1. The number of hydrogen-bond acceptors (Lipinski definition) is 3. The number of carbonyl (C=O) groups excluding carboxylic acids is 1. The molecule has 19 heavy (non-hydrogen) atoms. The summed E-state index contributed by atoms with van der Waals surface area (Å²) in [7, 11) is 0. The Kier molecular flexibility index (Phi) is 4.80. The van der Waals surface area contributed by atoms with Gasteiger partial charge in [-0.25, -0.2) is 0 Å². The minimum Gasteiger partial charge on any atom is -0.491 e. The average molecular weight is 262 g/mol. The van der Waals surface area contributed by atoms with Crippen LogP contribution in [-0.2, 0) is 0 Å². The molecule has 0 saturated carbocycles. The van der Waals surface area contributed by atoms with Crippen molar-refractivity contribution in [1.29, 1.82) is 0 Å². The van der Waals surface area contributed by atoms with Crippen molar-refractivity contribution in [2.24, 2.45) is 0 Å². The number of rotatable bonds is 4. The van der Waals surface area contributed by atoms with Crippen LogP contribution >= 0.6 is 0 Å². The van der Waals surface area contributed by atoms with Crippen LogP contribution in [0.1, 0.15) is 37.0 Å². The first-order valence-electron chi connectivity index (χ1n) is 6.93. The third-order valence-corrected chi connectivity index (χ3v) is 3.10. The Bertz CT molecular complexity index is 426. The van der Waals surface area contributed by atoms with Crippen LogP contribution in [0.25, 0.3) is 0 Å². The van der Waals surface area contributed by atoms with E-state index in [9.17, 15) is 4.79 Å². The largest absolute Gasteiger partial charge is 0.491 e. The van der Waals surface area contributed by atoms with Crippen molar-refractivity contribution in [3.05, 3.63) is 29.8 Å². The molecule has 2 N–H and O–H groups in total. The number of amides is 1. The van der Waals surface area contributed by atoms with Gasteiger partial charge >= 0.3 is 0 Å². The van der Waals surface area contributed by atoms with Crippen molar-refractivity contribution in [3.63, 3.8) is 0 Å². The lowest BCUT2D eigenvalue weighted by Crippen LogP contribution is -2.45. The van der Waals surface area contributed by atoms with Crippen LogP contribution in [0.5, 0.6) is 5.75 Å². The van der Waals surface area contributed by atoms with Gasteiger partial charge in [0.25, 0.3) is 5.91 Å². The third kappa shape index (κ3) is 4.24. The summed E-state index contributed by atoms with van der Waals surface area (Å²) in [5, 5.41) is 6.35. The maximum atomic E-state index is 12.2. The van der Waals surface area contributed by atoms with E-state index in [0.717, 1.165) is 31.7 Å². The van der Waals surface area contributed by atoms with Crippen molar-refractivity contribution >= 4 is 5.91 Å². The van der Waals surface area contributed by atoms with Gasteiger partial charge in [-0.1, -0.05) is 6.07 Å². The van der Waals surface area contributed by atoms with Crippen LogP contribution in [-0.4, -0.2) is 31.1 Å². The zero-order valence-electron chi connectivity index (χ0n) is 11.6. The fourth-order valence-corrected chi connectivity index (χ4v) is 2.23. The highest BCUT2D eigenvalue weighted by Gasteiger charge is 2.16. The van der Waals surface area contributed by atoms with Crippen LogP contribution in [0.2, 0.25) is 0 Å². The number of nitrogens with one attached hydrogen (secondary N) is 2. The number of piperidine rings is 1. The molecule has 1 fully saturated rings. The van der Waals surface area contributed by atoms with Crippen LogP contribution in [0.15, 0.2) is 24.3 Å². The summed E-state index contributed by atoms with van der Waals surface area (Å²) < 4.78 is 5.60. The standard InChI is InChI=1S/C15H22N2O2/c1-11(2)19-14-7-3-5-12(9-14)15(18)17-13-6-4-8-16-10-13/h3,5,7,9,11,13,16H,4,6,8,10H2,1-2H3,(H,17,18)/t13-/m1/s1. The van der Waals surface area contributed by atoms with Gasteiger partial charge in [0.05, 0.1) is 6.10 Å². The highest BCUT2D eigenvalue weighted by molar-refractivity contribution is 5.94. The lowest BCUT2D eigenvalue weighted by Gasteiger charge is -2.23. The van der Waals surface area contributed by atoms with Crippen molar-refractivity contribution in [2.75, 3.05) is 13.1 Å². The molecule has 1 aliphatic rings. The summed E-state index contributed by atoms with van der Waals surface area (Å²) in [6, 6.07) is 7.57. The summed E-state index contributed by atoms with van der Waals surface area (Å²) in [5.74, 6) is 0.715. The van der Waals surface area contributed by atoms with E-state index in [1.807, 2.05) is 32.0 Å². The normalized spacial score (nSPS) is 19.2. The Morgan fingerprint density at radius 3 is 3.00 bits per heavy atom. The van der Waals surface area contributed by atoms with E-state index in [1.165, 1.54) is 0 Å². The first-order valence-corrected chi connectivity index (χ1v) is 6.93. The Morgan fingerprint density at radius 1 is 1.47 bits per heavy atom. The molecule has 1 saturated heterocycles. The van der Waals surface area contributed by atoms with E-state index in [4.69, 9.17) is 4.74 Å². The molecule has 1 aromatic rings. The number of hydrogen-bond donors (Lipinski definition) is 2. The van der Waals surface area contributed by atoms with Gasteiger partial charge in [-0.15, -0.1) is 0 Å². The third-order valence-electron chi connectivity index (χ3n) is 3.10.